The van der Waals surface area contributed by atoms with Crippen LogP contribution in [0.1, 0.15) is 60.0 Å². The van der Waals surface area contributed by atoms with Crippen molar-refractivity contribution in [2.24, 2.45) is 0 Å². The lowest BCUT2D eigenvalue weighted by Crippen LogP contribution is -2.22. The Morgan fingerprint density at radius 1 is 1.33 bits per heavy atom. The van der Waals surface area contributed by atoms with Gasteiger partial charge in [-0.1, -0.05) is 13.3 Å². The van der Waals surface area contributed by atoms with Gasteiger partial charge in [-0.2, -0.15) is 0 Å². The Bertz CT molecular complexity index is 608. The zero-order valence-electron chi connectivity index (χ0n) is 12.7. The van der Waals surface area contributed by atoms with Gasteiger partial charge in [0.05, 0.1) is 17.1 Å². The van der Waals surface area contributed by atoms with Crippen molar-refractivity contribution >= 4 is 11.3 Å². The Kier molecular flexibility index (Phi) is 4.60. The first-order valence-electron chi connectivity index (χ1n) is 7.75. The van der Waals surface area contributed by atoms with Crippen LogP contribution in [-0.4, -0.2) is 21.5 Å². The van der Waals surface area contributed by atoms with E-state index in [0.717, 1.165) is 35.9 Å². The molecule has 0 aliphatic heterocycles. The van der Waals surface area contributed by atoms with E-state index < -0.39 is 0 Å². The largest absolute Gasteiger partial charge is 0.310 e. The fraction of sp³-hybridized carbons (Fsp3) is 0.562. The minimum absolute atomic E-state index is 0.420. The van der Waals surface area contributed by atoms with Gasteiger partial charge in [-0.15, -0.1) is 11.3 Å². The minimum atomic E-state index is 0.420. The van der Waals surface area contributed by atoms with E-state index in [1.165, 1.54) is 30.5 Å². The summed E-state index contributed by atoms with van der Waals surface area (Å²) in [6, 6.07) is 0.420. The number of aryl methyl sites for hydroxylation is 2. The van der Waals surface area contributed by atoms with Crippen LogP contribution in [0.5, 0.6) is 0 Å². The van der Waals surface area contributed by atoms with Crippen molar-refractivity contribution < 1.29 is 0 Å². The normalized spacial score (nSPS) is 18.3. The van der Waals surface area contributed by atoms with Crippen LogP contribution in [0.25, 0.3) is 0 Å². The molecule has 0 radical (unpaired) electrons. The van der Waals surface area contributed by atoms with E-state index in [-0.39, 0.29) is 0 Å². The Balaban J connectivity index is 1.84. The molecule has 1 unspecified atom stereocenters. The van der Waals surface area contributed by atoms with Gasteiger partial charge in [-0.25, -0.2) is 15.0 Å². The molecule has 0 fully saturated rings. The lowest BCUT2D eigenvalue weighted by Gasteiger charge is -2.17. The summed E-state index contributed by atoms with van der Waals surface area (Å²) in [5.41, 5.74) is 3.61. The predicted molar refractivity (Wildman–Crippen MR) is 85.7 cm³/mol. The third-order valence-corrected chi connectivity index (χ3v) is 4.76. The molecule has 0 spiro atoms. The summed E-state index contributed by atoms with van der Waals surface area (Å²) in [6.45, 7) is 5.18. The van der Waals surface area contributed by atoms with Gasteiger partial charge in [0.15, 0.2) is 0 Å². The van der Waals surface area contributed by atoms with Crippen molar-refractivity contribution in [3.05, 3.63) is 39.4 Å². The van der Waals surface area contributed by atoms with E-state index in [0.29, 0.717) is 6.04 Å². The molecular formula is C16H22N4S. The summed E-state index contributed by atoms with van der Waals surface area (Å²) in [7, 11) is 0. The lowest BCUT2D eigenvalue weighted by atomic mass is 10.0. The molecule has 0 bridgehead atoms. The predicted octanol–water partition coefficient (Wildman–Crippen LogP) is 3.21. The average Bonchev–Trinajstić information content (AvgIpc) is 2.77. The van der Waals surface area contributed by atoms with Gasteiger partial charge in [-0.05, 0) is 32.7 Å². The Morgan fingerprint density at radius 2 is 2.24 bits per heavy atom. The van der Waals surface area contributed by atoms with Crippen LogP contribution < -0.4 is 5.32 Å². The van der Waals surface area contributed by atoms with Crippen molar-refractivity contribution in [3.63, 3.8) is 0 Å². The number of hydrogen-bond acceptors (Lipinski definition) is 5. The molecule has 3 rings (SSSR count). The maximum absolute atomic E-state index is 4.82. The second kappa shape index (κ2) is 6.62. The topological polar surface area (TPSA) is 50.7 Å². The SMILES string of the molecule is CCNC1CCCCc2nc(Cc3csc(C)n3)ncc21. The second-order valence-electron chi connectivity index (χ2n) is 5.58. The molecule has 0 saturated carbocycles. The molecule has 112 valence electrons. The van der Waals surface area contributed by atoms with Gasteiger partial charge in [0.25, 0.3) is 0 Å². The van der Waals surface area contributed by atoms with E-state index in [4.69, 9.17) is 4.98 Å². The zero-order valence-corrected chi connectivity index (χ0v) is 13.5. The van der Waals surface area contributed by atoms with E-state index in [1.54, 1.807) is 11.3 Å². The van der Waals surface area contributed by atoms with Gasteiger partial charge >= 0.3 is 0 Å². The molecule has 5 heteroatoms. The number of rotatable bonds is 4. The monoisotopic (exact) mass is 302 g/mol. The average molecular weight is 302 g/mol. The third-order valence-electron chi connectivity index (χ3n) is 3.94. The van der Waals surface area contributed by atoms with Crippen LogP contribution in [0.3, 0.4) is 0 Å². The number of aromatic nitrogens is 3. The van der Waals surface area contributed by atoms with Gasteiger partial charge < -0.3 is 5.32 Å². The molecule has 21 heavy (non-hydrogen) atoms. The summed E-state index contributed by atoms with van der Waals surface area (Å²) in [5.74, 6) is 0.899. The maximum Gasteiger partial charge on any atom is 0.134 e. The van der Waals surface area contributed by atoms with E-state index in [2.05, 4.69) is 27.6 Å². The summed E-state index contributed by atoms with van der Waals surface area (Å²) < 4.78 is 0. The van der Waals surface area contributed by atoms with Crippen LogP contribution >= 0.6 is 11.3 Å². The molecule has 4 nitrogen and oxygen atoms in total. The fourth-order valence-electron chi connectivity index (χ4n) is 2.95. The zero-order chi connectivity index (χ0) is 14.7. The molecule has 0 aromatic carbocycles. The summed E-state index contributed by atoms with van der Waals surface area (Å²) in [6.07, 6.45) is 7.52. The third kappa shape index (κ3) is 3.47. The lowest BCUT2D eigenvalue weighted by molar-refractivity contribution is 0.502. The van der Waals surface area contributed by atoms with Crippen LogP contribution in [-0.2, 0) is 12.8 Å². The molecule has 2 aromatic heterocycles. The highest BCUT2D eigenvalue weighted by Crippen LogP contribution is 2.27. The molecule has 2 aromatic rings. The summed E-state index contributed by atoms with van der Waals surface area (Å²) >= 11 is 1.69. The van der Waals surface area contributed by atoms with Gasteiger partial charge in [0.1, 0.15) is 5.82 Å². The molecule has 1 atom stereocenters. The van der Waals surface area contributed by atoms with Gasteiger partial charge in [0.2, 0.25) is 0 Å². The van der Waals surface area contributed by atoms with E-state index in [1.807, 2.05) is 13.1 Å². The number of hydrogen-bond donors (Lipinski definition) is 1. The van der Waals surface area contributed by atoms with Crippen molar-refractivity contribution in [1.29, 1.82) is 0 Å². The van der Waals surface area contributed by atoms with E-state index >= 15 is 0 Å². The van der Waals surface area contributed by atoms with Crippen molar-refractivity contribution in [2.75, 3.05) is 6.54 Å². The number of nitrogens with one attached hydrogen (secondary N) is 1. The first-order valence-corrected chi connectivity index (χ1v) is 8.63. The van der Waals surface area contributed by atoms with Crippen LogP contribution in [0, 0.1) is 6.92 Å². The van der Waals surface area contributed by atoms with Gasteiger partial charge in [0, 0.05) is 28.9 Å². The fourth-order valence-corrected chi connectivity index (χ4v) is 3.56. The number of thiazole rings is 1. The quantitative estimate of drug-likeness (QED) is 0.881. The Morgan fingerprint density at radius 3 is 3.00 bits per heavy atom. The van der Waals surface area contributed by atoms with Crippen molar-refractivity contribution in [1.82, 2.24) is 20.3 Å². The van der Waals surface area contributed by atoms with Crippen molar-refractivity contribution in [2.45, 2.75) is 52.0 Å². The van der Waals surface area contributed by atoms with Crippen LogP contribution in [0.15, 0.2) is 11.6 Å². The smallest absolute Gasteiger partial charge is 0.134 e. The van der Waals surface area contributed by atoms with Crippen LogP contribution in [0.2, 0.25) is 0 Å². The standard InChI is InChI=1S/C16H22N4S/c1-3-17-14-6-4-5-7-15-13(14)9-18-16(20-15)8-12-10-21-11(2)19-12/h9-10,14,17H,3-8H2,1-2H3. The minimum Gasteiger partial charge on any atom is -0.310 e. The molecule has 0 amide bonds. The molecular weight excluding hydrogens is 280 g/mol. The molecule has 1 N–H and O–H groups in total. The number of fused-ring (bicyclic) bond motifs is 1. The molecule has 1 aliphatic rings. The molecule has 2 heterocycles. The summed E-state index contributed by atoms with van der Waals surface area (Å²) in [4.78, 5) is 13.9. The van der Waals surface area contributed by atoms with Crippen molar-refractivity contribution in [3.8, 4) is 0 Å². The van der Waals surface area contributed by atoms with Crippen LogP contribution in [0.4, 0.5) is 0 Å². The van der Waals surface area contributed by atoms with Gasteiger partial charge in [-0.3, -0.25) is 0 Å². The maximum atomic E-state index is 4.82. The highest BCUT2D eigenvalue weighted by molar-refractivity contribution is 7.09. The number of nitrogens with zero attached hydrogens (tertiary/aromatic N) is 3. The summed E-state index contributed by atoms with van der Waals surface area (Å²) in [5, 5.41) is 6.77. The Hall–Kier alpha value is -1.33. The van der Waals surface area contributed by atoms with E-state index in [9.17, 15) is 0 Å². The molecule has 1 aliphatic carbocycles. The second-order valence-corrected chi connectivity index (χ2v) is 6.64. The molecule has 0 saturated heterocycles. The first kappa shape index (κ1) is 14.6. The highest BCUT2D eigenvalue weighted by Gasteiger charge is 2.20. The Labute approximate surface area is 130 Å². The first-order chi connectivity index (χ1) is 10.3. The highest BCUT2D eigenvalue weighted by atomic mass is 32.1.